The van der Waals surface area contributed by atoms with Crippen LogP contribution < -0.4 is 11.2 Å². The molecule has 2 aliphatic rings. The molecule has 1 aliphatic carbocycles. The number of hydrogen-bond donors (Lipinski definition) is 3. The first kappa shape index (κ1) is 21.8. The van der Waals surface area contributed by atoms with Crippen LogP contribution >= 0.6 is 23.2 Å². The van der Waals surface area contributed by atoms with E-state index in [2.05, 4.69) is 11.5 Å². The van der Waals surface area contributed by atoms with Gasteiger partial charge in [-0.25, -0.2) is 5.01 Å². The number of rotatable bonds is 3. The van der Waals surface area contributed by atoms with Gasteiger partial charge in [0.25, 0.3) is 5.91 Å². The number of hydrazine groups is 1. The Labute approximate surface area is 194 Å². The summed E-state index contributed by atoms with van der Waals surface area (Å²) in [7, 11) is 0. The lowest BCUT2D eigenvalue weighted by Crippen LogP contribution is -2.48. The fourth-order valence-corrected chi connectivity index (χ4v) is 4.32. The lowest BCUT2D eigenvalue weighted by Gasteiger charge is -2.39. The molecule has 2 aromatic rings. The second kappa shape index (κ2) is 8.58. The molecule has 1 amide bonds. The minimum absolute atomic E-state index is 0.0260. The first-order chi connectivity index (χ1) is 15.3. The van der Waals surface area contributed by atoms with E-state index in [0.29, 0.717) is 46.1 Å². The minimum atomic E-state index is -0.709. The van der Waals surface area contributed by atoms with Crippen molar-refractivity contribution in [1.82, 2.24) is 10.4 Å². The van der Waals surface area contributed by atoms with Crippen molar-refractivity contribution in [2.24, 2.45) is 5.73 Å². The molecule has 0 radical (unpaired) electrons. The molecule has 0 saturated carbocycles. The molecule has 4 rings (SSSR count). The van der Waals surface area contributed by atoms with E-state index < -0.39 is 11.8 Å². The third-order valence-electron chi connectivity index (χ3n) is 5.53. The zero-order valence-corrected chi connectivity index (χ0v) is 18.2. The standard InChI is InChI=1S/C23H18Cl2N4O3/c24-16-9-6-13(10-17(16)25)20-15(11-26)22(27)29(18-2-1-3-19(31)21(18)20)28-23(32)12-4-7-14(30)8-5-12/h4-10,20,30H,1-3,27H2,(H,28,32). The smallest absolute Gasteiger partial charge is 0.270 e. The molecule has 0 aromatic heterocycles. The van der Waals surface area contributed by atoms with E-state index in [9.17, 15) is 20.0 Å². The Balaban J connectivity index is 1.81. The van der Waals surface area contributed by atoms with Crippen LogP contribution in [0.4, 0.5) is 0 Å². The van der Waals surface area contributed by atoms with Crippen molar-refractivity contribution >= 4 is 34.9 Å². The molecule has 2 aromatic carbocycles. The van der Waals surface area contributed by atoms with Crippen LogP contribution in [-0.4, -0.2) is 21.8 Å². The van der Waals surface area contributed by atoms with Gasteiger partial charge in [-0.05, 0) is 54.8 Å². The highest BCUT2D eigenvalue weighted by Gasteiger charge is 2.40. The Morgan fingerprint density at radius 3 is 2.53 bits per heavy atom. The number of halogens is 2. The molecule has 1 unspecified atom stereocenters. The molecule has 1 aliphatic heterocycles. The highest BCUT2D eigenvalue weighted by atomic mass is 35.5. The minimum Gasteiger partial charge on any atom is -0.508 e. The number of hydrogen-bond acceptors (Lipinski definition) is 6. The molecular weight excluding hydrogens is 451 g/mol. The Kier molecular flexibility index (Phi) is 5.83. The van der Waals surface area contributed by atoms with Gasteiger partial charge < -0.3 is 10.8 Å². The fraction of sp³-hybridized carbons (Fsp3) is 0.174. The maximum Gasteiger partial charge on any atom is 0.270 e. The van der Waals surface area contributed by atoms with Gasteiger partial charge in [-0.1, -0.05) is 29.3 Å². The van der Waals surface area contributed by atoms with Crippen LogP contribution in [-0.2, 0) is 4.79 Å². The van der Waals surface area contributed by atoms with E-state index in [1.807, 2.05) is 0 Å². The van der Waals surface area contributed by atoms with Crippen LogP contribution in [0.2, 0.25) is 10.0 Å². The molecule has 1 atom stereocenters. The van der Waals surface area contributed by atoms with Crippen molar-refractivity contribution in [3.8, 4) is 11.8 Å². The number of nitrogens with one attached hydrogen (secondary N) is 1. The van der Waals surface area contributed by atoms with E-state index in [4.69, 9.17) is 28.9 Å². The molecule has 4 N–H and O–H groups in total. The monoisotopic (exact) mass is 468 g/mol. The van der Waals surface area contributed by atoms with Gasteiger partial charge in [-0.15, -0.1) is 0 Å². The van der Waals surface area contributed by atoms with E-state index in [1.54, 1.807) is 18.2 Å². The predicted molar refractivity (Wildman–Crippen MR) is 119 cm³/mol. The van der Waals surface area contributed by atoms with Gasteiger partial charge in [0, 0.05) is 23.3 Å². The van der Waals surface area contributed by atoms with E-state index in [1.165, 1.54) is 29.3 Å². The summed E-state index contributed by atoms with van der Waals surface area (Å²) in [6.07, 6.45) is 1.41. The number of benzene rings is 2. The van der Waals surface area contributed by atoms with Crippen molar-refractivity contribution < 1.29 is 14.7 Å². The van der Waals surface area contributed by atoms with Crippen molar-refractivity contribution in [1.29, 1.82) is 5.26 Å². The number of aromatic hydroxyl groups is 1. The lowest BCUT2D eigenvalue weighted by atomic mass is 9.76. The van der Waals surface area contributed by atoms with E-state index in [-0.39, 0.29) is 28.5 Å². The Morgan fingerprint density at radius 1 is 1.16 bits per heavy atom. The average Bonchev–Trinajstić information content (AvgIpc) is 2.77. The highest BCUT2D eigenvalue weighted by molar-refractivity contribution is 6.42. The second-order valence-electron chi connectivity index (χ2n) is 7.48. The summed E-state index contributed by atoms with van der Waals surface area (Å²) in [4.78, 5) is 25.8. The number of nitrogens with two attached hydrogens (primary N) is 1. The number of phenolic OH excluding ortho intramolecular Hbond substituents is 1. The van der Waals surface area contributed by atoms with Crippen LogP contribution in [0.25, 0.3) is 0 Å². The number of amides is 1. The number of nitrogens with zero attached hydrogens (tertiary/aromatic N) is 2. The Hall–Kier alpha value is -3.47. The average molecular weight is 469 g/mol. The number of phenols is 1. The molecule has 9 heteroatoms. The zero-order valence-electron chi connectivity index (χ0n) is 16.7. The quantitative estimate of drug-likeness (QED) is 0.622. The number of Topliss-reactive ketones (excluding diaryl/α,β-unsaturated/α-hetero) is 1. The molecule has 1 heterocycles. The van der Waals surface area contributed by atoms with Crippen molar-refractivity contribution in [3.63, 3.8) is 0 Å². The normalized spacial score (nSPS) is 18.3. The third-order valence-corrected chi connectivity index (χ3v) is 6.27. The number of allylic oxidation sites excluding steroid dienone is 3. The Morgan fingerprint density at radius 2 is 1.88 bits per heavy atom. The van der Waals surface area contributed by atoms with Crippen molar-refractivity contribution in [2.45, 2.75) is 25.2 Å². The number of ketones is 1. The van der Waals surface area contributed by atoms with Crippen molar-refractivity contribution in [3.05, 3.63) is 86.3 Å². The van der Waals surface area contributed by atoms with Gasteiger partial charge in [-0.3, -0.25) is 15.0 Å². The fourth-order valence-electron chi connectivity index (χ4n) is 4.02. The van der Waals surface area contributed by atoms with Crippen molar-refractivity contribution in [2.75, 3.05) is 0 Å². The van der Waals surface area contributed by atoms with Crippen LogP contribution in [0.1, 0.15) is 41.1 Å². The van der Waals surface area contributed by atoms with Gasteiger partial charge in [-0.2, -0.15) is 5.26 Å². The van der Waals surface area contributed by atoms with Gasteiger partial charge in [0.1, 0.15) is 11.6 Å². The van der Waals surface area contributed by atoms with Crippen LogP contribution in [0.5, 0.6) is 5.75 Å². The van der Waals surface area contributed by atoms with E-state index in [0.717, 1.165) is 0 Å². The highest BCUT2D eigenvalue weighted by Crippen LogP contribution is 2.45. The molecule has 0 bridgehead atoms. The van der Waals surface area contributed by atoms with Gasteiger partial charge in [0.2, 0.25) is 0 Å². The zero-order chi connectivity index (χ0) is 23.0. The van der Waals surface area contributed by atoms with Gasteiger partial charge in [0.15, 0.2) is 5.78 Å². The SMILES string of the molecule is N#CC1=C(N)N(NC(=O)c2ccc(O)cc2)C2=C(C(=O)CCC2)C1c1ccc(Cl)c(Cl)c1. The Bertz CT molecular complexity index is 1230. The summed E-state index contributed by atoms with van der Waals surface area (Å²) in [5.41, 5.74) is 11.0. The molecule has 0 saturated heterocycles. The maximum atomic E-state index is 13.0. The van der Waals surface area contributed by atoms with Crippen LogP contribution in [0, 0.1) is 11.3 Å². The van der Waals surface area contributed by atoms with Crippen LogP contribution in [0.3, 0.4) is 0 Å². The number of nitriles is 1. The second-order valence-corrected chi connectivity index (χ2v) is 8.29. The molecule has 0 spiro atoms. The van der Waals surface area contributed by atoms with E-state index >= 15 is 0 Å². The largest absolute Gasteiger partial charge is 0.508 e. The topological polar surface area (TPSA) is 119 Å². The summed E-state index contributed by atoms with van der Waals surface area (Å²) in [6.45, 7) is 0. The first-order valence-corrected chi connectivity index (χ1v) is 10.6. The van der Waals surface area contributed by atoms with Gasteiger partial charge in [0.05, 0.1) is 27.6 Å². The molecular formula is C23H18Cl2N4O3. The van der Waals surface area contributed by atoms with Gasteiger partial charge >= 0.3 is 0 Å². The molecule has 0 fully saturated rings. The third kappa shape index (κ3) is 3.79. The number of carbonyl (C=O) groups is 2. The maximum absolute atomic E-state index is 13.0. The predicted octanol–water partition coefficient (Wildman–Crippen LogP) is 4.14. The molecule has 162 valence electrons. The summed E-state index contributed by atoms with van der Waals surface area (Å²) >= 11 is 12.2. The summed E-state index contributed by atoms with van der Waals surface area (Å²) in [6, 6.07) is 12.7. The van der Waals surface area contributed by atoms with Crippen LogP contribution in [0.15, 0.2) is 65.1 Å². The summed E-state index contributed by atoms with van der Waals surface area (Å²) < 4.78 is 0. The first-order valence-electron chi connectivity index (χ1n) is 9.83. The number of carbonyl (C=O) groups excluding carboxylic acids is 2. The molecule has 32 heavy (non-hydrogen) atoms. The summed E-state index contributed by atoms with van der Waals surface area (Å²) in [5, 5.41) is 21.4. The molecule has 7 nitrogen and oxygen atoms in total. The lowest BCUT2D eigenvalue weighted by molar-refractivity contribution is -0.116. The summed E-state index contributed by atoms with van der Waals surface area (Å²) in [5.74, 6) is -1.27.